The first kappa shape index (κ1) is 15.6. The molecule has 1 aliphatic rings. The number of ether oxygens (including phenoxy) is 1. The van der Waals surface area contributed by atoms with Gasteiger partial charge in [-0.1, -0.05) is 48.5 Å². The summed E-state index contributed by atoms with van der Waals surface area (Å²) in [5.74, 6) is -0.579. The minimum absolute atomic E-state index is 0.201. The molecular formula is C19H21NO3. The Morgan fingerprint density at radius 1 is 1.09 bits per heavy atom. The van der Waals surface area contributed by atoms with Gasteiger partial charge in [-0.05, 0) is 31.5 Å². The van der Waals surface area contributed by atoms with Crippen LogP contribution in [0, 0.1) is 5.92 Å². The predicted molar refractivity (Wildman–Crippen MR) is 88.8 cm³/mol. The third kappa shape index (κ3) is 3.08. The van der Waals surface area contributed by atoms with Crippen LogP contribution in [0.5, 0.6) is 0 Å². The number of para-hydroxylation sites is 1. The number of carbonyl (C=O) groups is 1. The SMILES string of the molecule is CCOC(=O)C1C(C)ON(c2ccccc2)C1c1ccccc1. The summed E-state index contributed by atoms with van der Waals surface area (Å²) in [5, 5.41) is 1.83. The van der Waals surface area contributed by atoms with Crippen LogP contribution in [0.25, 0.3) is 0 Å². The second-order valence-corrected chi connectivity index (χ2v) is 5.61. The van der Waals surface area contributed by atoms with Crippen LogP contribution in [-0.4, -0.2) is 18.7 Å². The van der Waals surface area contributed by atoms with E-state index in [2.05, 4.69) is 0 Å². The standard InChI is InChI=1S/C19H21NO3/c1-3-22-19(21)17-14(2)23-20(16-12-8-5-9-13-16)18(17)15-10-6-4-7-11-15/h4-14,17-18H,3H2,1-2H3. The zero-order valence-corrected chi connectivity index (χ0v) is 13.4. The lowest BCUT2D eigenvalue weighted by atomic mass is 9.90. The van der Waals surface area contributed by atoms with E-state index in [9.17, 15) is 4.79 Å². The molecule has 3 unspecified atom stereocenters. The molecule has 1 fully saturated rings. The molecule has 0 saturated carbocycles. The summed E-state index contributed by atoms with van der Waals surface area (Å²) in [6, 6.07) is 19.6. The highest BCUT2D eigenvalue weighted by Crippen LogP contribution is 2.42. The predicted octanol–water partition coefficient (Wildman–Crippen LogP) is 3.75. The highest BCUT2D eigenvalue weighted by atomic mass is 16.7. The highest BCUT2D eigenvalue weighted by molar-refractivity contribution is 5.76. The maximum atomic E-state index is 12.5. The lowest BCUT2D eigenvalue weighted by Crippen LogP contribution is -2.30. The molecule has 0 spiro atoms. The van der Waals surface area contributed by atoms with Crippen LogP contribution in [0.15, 0.2) is 60.7 Å². The third-order valence-electron chi connectivity index (χ3n) is 4.09. The Hall–Kier alpha value is -2.33. The smallest absolute Gasteiger partial charge is 0.314 e. The molecule has 3 atom stereocenters. The van der Waals surface area contributed by atoms with Gasteiger partial charge in [0.2, 0.25) is 0 Å². The van der Waals surface area contributed by atoms with Crippen molar-refractivity contribution in [3.63, 3.8) is 0 Å². The van der Waals surface area contributed by atoms with E-state index in [1.54, 1.807) is 0 Å². The average molecular weight is 311 g/mol. The summed E-state index contributed by atoms with van der Waals surface area (Å²) in [6.07, 6.45) is -0.250. The van der Waals surface area contributed by atoms with Crippen molar-refractivity contribution in [2.75, 3.05) is 11.7 Å². The van der Waals surface area contributed by atoms with Crippen LogP contribution in [0.1, 0.15) is 25.5 Å². The molecule has 0 aliphatic carbocycles. The Labute approximate surface area is 136 Å². The first-order chi connectivity index (χ1) is 11.2. The van der Waals surface area contributed by atoms with E-state index in [-0.39, 0.29) is 24.0 Å². The first-order valence-corrected chi connectivity index (χ1v) is 7.95. The summed E-state index contributed by atoms with van der Waals surface area (Å²) in [5.41, 5.74) is 1.97. The van der Waals surface area contributed by atoms with E-state index >= 15 is 0 Å². The minimum atomic E-state index is -0.363. The quantitative estimate of drug-likeness (QED) is 0.806. The Morgan fingerprint density at radius 2 is 1.70 bits per heavy atom. The number of hydroxylamine groups is 1. The van der Waals surface area contributed by atoms with Crippen molar-refractivity contribution in [3.05, 3.63) is 66.2 Å². The molecule has 0 radical (unpaired) electrons. The normalized spacial score (nSPS) is 23.7. The maximum Gasteiger partial charge on any atom is 0.314 e. The molecule has 1 aliphatic heterocycles. The number of rotatable bonds is 4. The van der Waals surface area contributed by atoms with Crippen LogP contribution in [0.4, 0.5) is 5.69 Å². The van der Waals surface area contributed by atoms with Crippen LogP contribution in [-0.2, 0) is 14.4 Å². The van der Waals surface area contributed by atoms with E-state index in [1.807, 2.05) is 79.6 Å². The highest BCUT2D eigenvalue weighted by Gasteiger charge is 2.47. The molecule has 2 aromatic rings. The molecule has 1 saturated heterocycles. The molecule has 0 N–H and O–H groups in total. The lowest BCUT2D eigenvalue weighted by Gasteiger charge is -2.26. The van der Waals surface area contributed by atoms with Gasteiger partial charge in [0.05, 0.1) is 24.4 Å². The largest absolute Gasteiger partial charge is 0.466 e. The minimum Gasteiger partial charge on any atom is -0.466 e. The molecule has 0 bridgehead atoms. The van der Waals surface area contributed by atoms with Crippen molar-refractivity contribution in [2.24, 2.45) is 5.92 Å². The van der Waals surface area contributed by atoms with E-state index in [4.69, 9.17) is 9.57 Å². The van der Waals surface area contributed by atoms with Gasteiger partial charge in [0.1, 0.15) is 5.92 Å². The molecule has 23 heavy (non-hydrogen) atoms. The van der Waals surface area contributed by atoms with Crippen molar-refractivity contribution in [1.29, 1.82) is 0 Å². The average Bonchev–Trinajstić information content (AvgIpc) is 2.94. The van der Waals surface area contributed by atoms with Crippen LogP contribution >= 0.6 is 0 Å². The van der Waals surface area contributed by atoms with Crippen molar-refractivity contribution in [2.45, 2.75) is 26.0 Å². The summed E-state index contributed by atoms with van der Waals surface area (Å²) in [4.78, 5) is 18.5. The molecule has 4 heteroatoms. The fraction of sp³-hybridized carbons (Fsp3) is 0.316. The molecule has 1 heterocycles. The van der Waals surface area contributed by atoms with Crippen molar-refractivity contribution < 1.29 is 14.4 Å². The van der Waals surface area contributed by atoms with Gasteiger partial charge in [-0.15, -0.1) is 0 Å². The number of esters is 1. The Kier molecular flexibility index (Phi) is 4.63. The fourth-order valence-corrected chi connectivity index (χ4v) is 3.06. The molecule has 2 aromatic carbocycles. The number of nitrogens with zero attached hydrogens (tertiary/aromatic N) is 1. The fourth-order valence-electron chi connectivity index (χ4n) is 3.06. The van der Waals surface area contributed by atoms with Gasteiger partial charge in [0, 0.05) is 0 Å². The number of hydrogen-bond acceptors (Lipinski definition) is 4. The molecule has 120 valence electrons. The summed E-state index contributed by atoms with van der Waals surface area (Å²) < 4.78 is 5.29. The monoisotopic (exact) mass is 311 g/mol. The van der Waals surface area contributed by atoms with Crippen molar-refractivity contribution in [3.8, 4) is 0 Å². The van der Waals surface area contributed by atoms with E-state index < -0.39 is 0 Å². The Balaban J connectivity index is 2.01. The van der Waals surface area contributed by atoms with E-state index in [0.717, 1.165) is 11.3 Å². The zero-order chi connectivity index (χ0) is 16.2. The van der Waals surface area contributed by atoms with Gasteiger partial charge in [-0.25, -0.2) is 5.06 Å². The molecular weight excluding hydrogens is 290 g/mol. The van der Waals surface area contributed by atoms with Gasteiger partial charge >= 0.3 is 5.97 Å². The number of hydrogen-bond donors (Lipinski definition) is 0. The number of benzene rings is 2. The van der Waals surface area contributed by atoms with Crippen LogP contribution in [0.3, 0.4) is 0 Å². The molecule has 4 nitrogen and oxygen atoms in total. The third-order valence-corrected chi connectivity index (χ3v) is 4.09. The van der Waals surface area contributed by atoms with Gasteiger partial charge < -0.3 is 4.74 Å². The lowest BCUT2D eigenvalue weighted by molar-refractivity contribution is -0.149. The van der Waals surface area contributed by atoms with Gasteiger partial charge in [-0.2, -0.15) is 0 Å². The summed E-state index contributed by atoms with van der Waals surface area (Å²) in [6.45, 7) is 4.11. The van der Waals surface area contributed by atoms with Crippen molar-refractivity contribution >= 4 is 11.7 Å². The van der Waals surface area contributed by atoms with E-state index in [1.165, 1.54) is 0 Å². The second kappa shape index (κ2) is 6.84. The second-order valence-electron chi connectivity index (χ2n) is 5.61. The van der Waals surface area contributed by atoms with Gasteiger partial charge in [-0.3, -0.25) is 9.63 Å². The Bertz CT molecular complexity index is 644. The van der Waals surface area contributed by atoms with Gasteiger partial charge in [0.25, 0.3) is 0 Å². The first-order valence-electron chi connectivity index (χ1n) is 7.95. The van der Waals surface area contributed by atoms with Crippen molar-refractivity contribution in [1.82, 2.24) is 0 Å². The molecule has 3 rings (SSSR count). The molecule has 0 aromatic heterocycles. The van der Waals surface area contributed by atoms with Gasteiger partial charge in [0.15, 0.2) is 0 Å². The maximum absolute atomic E-state index is 12.5. The summed E-state index contributed by atoms with van der Waals surface area (Å²) >= 11 is 0. The molecule has 0 amide bonds. The summed E-state index contributed by atoms with van der Waals surface area (Å²) in [7, 11) is 0. The number of anilines is 1. The number of carbonyl (C=O) groups excluding carboxylic acids is 1. The van der Waals surface area contributed by atoms with Crippen LogP contribution < -0.4 is 5.06 Å². The Morgan fingerprint density at radius 3 is 2.30 bits per heavy atom. The van der Waals surface area contributed by atoms with Crippen LogP contribution in [0.2, 0.25) is 0 Å². The van der Waals surface area contributed by atoms with E-state index in [0.29, 0.717) is 6.61 Å². The zero-order valence-electron chi connectivity index (χ0n) is 13.4. The topological polar surface area (TPSA) is 38.8 Å².